The average molecular weight is 528 g/mol. The van der Waals surface area contributed by atoms with Gasteiger partial charge in [-0.2, -0.15) is 13.2 Å². The quantitative estimate of drug-likeness (QED) is 0.399. The molecule has 1 atom stereocenters. The number of methoxy groups -OCH3 is 1. The molecule has 9 heteroatoms. The van der Waals surface area contributed by atoms with Crippen LogP contribution in [0.1, 0.15) is 66.4 Å². The normalized spacial score (nSPS) is 21.9. The van der Waals surface area contributed by atoms with E-state index in [0.717, 1.165) is 43.7 Å². The van der Waals surface area contributed by atoms with Crippen molar-refractivity contribution < 1.29 is 27.4 Å². The van der Waals surface area contributed by atoms with E-state index in [1.165, 1.54) is 25.4 Å². The Kier molecular flexibility index (Phi) is 7.31. The number of pyridine rings is 2. The van der Waals surface area contributed by atoms with E-state index in [-0.39, 0.29) is 29.2 Å². The van der Waals surface area contributed by atoms with Crippen molar-refractivity contribution in [1.29, 1.82) is 0 Å². The van der Waals surface area contributed by atoms with E-state index in [1.54, 1.807) is 18.3 Å². The maximum atomic E-state index is 13.4. The van der Waals surface area contributed by atoms with Crippen molar-refractivity contribution in [3.8, 4) is 5.88 Å². The lowest BCUT2D eigenvalue weighted by molar-refractivity contribution is -0.137. The zero-order valence-corrected chi connectivity index (χ0v) is 21.6. The van der Waals surface area contributed by atoms with Crippen LogP contribution in [-0.2, 0) is 10.9 Å². The summed E-state index contributed by atoms with van der Waals surface area (Å²) in [5, 5.41) is 3.83. The molecule has 2 aromatic heterocycles. The lowest BCUT2D eigenvalue weighted by atomic mass is 9.71. The molecule has 6 nitrogen and oxygen atoms in total. The van der Waals surface area contributed by atoms with Crippen molar-refractivity contribution >= 4 is 16.8 Å². The Balaban J connectivity index is 1.32. The van der Waals surface area contributed by atoms with Gasteiger partial charge in [0.05, 0.1) is 37.0 Å². The van der Waals surface area contributed by atoms with Crippen molar-refractivity contribution in [2.75, 3.05) is 20.3 Å². The number of aromatic nitrogens is 2. The van der Waals surface area contributed by atoms with Crippen LogP contribution in [-0.4, -0.2) is 42.2 Å². The summed E-state index contributed by atoms with van der Waals surface area (Å²) in [6.07, 6.45) is 3.02. The molecule has 1 aromatic carbocycles. The molecule has 5 rings (SSSR count). The van der Waals surface area contributed by atoms with Gasteiger partial charge in [-0.1, -0.05) is 6.92 Å². The molecule has 1 aliphatic heterocycles. The van der Waals surface area contributed by atoms with E-state index in [2.05, 4.69) is 22.2 Å². The molecule has 0 bridgehead atoms. The first-order valence-corrected chi connectivity index (χ1v) is 13.0. The van der Waals surface area contributed by atoms with E-state index in [9.17, 15) is 18.0 Å². The highest BCUT2D eigenvalue weighted by Crippen LogP contribution is 2.43. The van der Waals surface area contributed by atoms with Gasteiger partial charge in [-0.25, -0.2) is 4.98 Å². The van der Waals surface area contributed by atoms with E-state index < -0.39 is 11.7 Å². The maximum Gasteiger partial charge on any atom is 0.416 e. The number of alkyl halides is 3. The largest absolute Gasteiger partial charge is 0.481 e. The molecule has 1 amide bonds. The van der Waals surface area contributed by atoms with Gasteiger partial charge in [-0.15, -0.1) is 0 Å². The number of halogens is 3. The number of hydrogen-bond acceptors (Lipinski definition) is 5. The summed E-state index contributed by atoms with van der Waals surface area (Å²) < 4.78 is 50.7. The monoisotopic (exact) mass is 527 g/mol. The Morgan fingerprint density at radius 1 is 1.13 bits per heavy atom. The van der Waals surface area contributed by atoms with Crippen LogP contribution in [0.25, 0.3) is 10.9 Å². The van der Waals surface area contributed by atoms with Gasteiger partial charge >= 0.3 is 6.18 Å². The topological polar surface area (TPSA) is 73.3 Å². The molecule has 3 aromatic rings. The van der Waals surface area contributed by atoms with Crippen LogP contribution in [0.15, 0.2) is 48.8 Å². The summed E-state index contributed by atoms with van der Waals surface area (Å²) in [6, 6.07) is 8.96. The van der Waals surface area contributed by atoms with E-state index in [0.29, 0.717) is 35.6 Å². The second-order valence-electron chi connectivity index (χ2n) is 10.9. The third-order valence-corrected chi connectivity index (χ3v) is 8.02. The Morgan fingerprint density at radius 3 is 2.50 bits per heavy atom. The molecule has 0 spiro atoms. The van der Waals surface area contributed by atoms with E-state index >= 15 is 0 Å². The highest BCUT2D eigenvalue weighted by molar-refractivity contribution is 5.94. The Hall–Kier alpha value is -3.20. The zero-order chi connectivity index (χ0) is 26.9. The van der Waals surface area contributed by atoms with Gasteiger partial charge < -0.3 is 14.8 Å². The molecular weight excluding hydrogens is 495 g/mol. The fraction of sp³-hybridized carbons (Fsp3) is 0.483. The maximum absolute atomic E-state index is 13.4. The molecule has 38 heavy (non-hydrogen) atoms. The number of rotatable bonds is 7. The summed E-state index contributed by atoms with van der Waals surface area (Å²) in [4.78, 5) is 21.6. The van der Waals surface area contributed by atoms with Crippen LogP contribution in [0.4, 0.5) is 13.2 Å². The second-order valence-corrected chi connectivity index (χ2v) is 10.9. The number of benzene rings is 1. The molecule has 1 N–H and O–H groups in total. The smallest absolute Gasteiger partial charge is 0.416 e. The van der Waals surface area contributed by atoms with Crippen LogP contribution in [0.2, 0.25) is 0 Å². The molecule has 2 fully saturated rings. The molecule has 1 saturated heterocycles. The predicted octanol–water partition coefficient (Wildman–Crippen LogP) is 6.16. The molecule has 2 aliphatic rings. The van der Waals surface area contributed by atoms with Crippen LogP contribution >= 0.6 is 0 Å². The van der Waals surface area contributed by atoms with E-state index in [4.69, 9.17) is 9.47 Å². The van der Waals surface area contributed by atoms with Gasteiger partial charge in [-0.3, -0.25) is 9.78 Å². The molecule has 1 aliphatic carbocycles. The summed E-state index contributed by atoms with van der Waals surface area (Å²) in [7, 11) is 1.53. The molecule has 0 radical (unpaired) electrons. The molecule has 0 unspecified atom stereocenters. The van der Waals surface area contributed by atoms with Crippen molar-refractivity contribution in [2.24, 2.45) is 11.3 Å². The number of fused-ring (bicyclic) bond motifs is 1. The van der Waals surface area contributed by atoms with Crippen molar-refractivity contribution in [1.82, 2.24) is 15.3 Å². The van der Waals surface area contributed by atoms with E-state index in [1.807, 2.05) is 6.07 Å². The Bertz CT molecular complexity index is 1280. The van der Waals surface area contributed by atoms with Crippen LogP contribution < -0.4 is 10.1 Å². The van der Waals surface area contributed by atoms with Gasteiger partial charge in [0.1, 0.15) is 0 Å². The van der Waals surface area contributed by atoms with Crippen molar-refractivity contribution in [2.45, 2.75) is 57.2 Å². The second kappa shape index (κ2) is 10.5. The first-order valence-electron chi connectivity index (χ1n) is 13.0. The number of ether oxygens (including phenoxy) is 2. The first kappa shape index (κ1) is 26.4. The minimum absolute atomic E-state index is 0.0161. The third kappa shape index (κ3) is 5.62. The number of amides is 1. The third-order valence-electron chi connectivity index (χ3n) is 8.02. The summed E-state index contributed by atoms with van der Waals surface area (Å²) >= 11 is 0. The average Bonchev–Trinajstić information content (AvgIpc) is 2.90. The number of nitrogens with one attached hydrogen (secondary N) is 1. The number of carbonyl (C=O) groups is 1. The SMILES string of the molecule is COc1ccc(C(=O)N[C@H](CC2(C)COC2)[C@H]2CC[C@H](c3ccnc4ccc(C(F)(F)F)cc43)CC2)cn1. The molecule has 1 saturated carbocycles. The lowest BCUT2D eigenvalue weighted by Gasteiger charge is -2.44. The Morgan fingerprint density at radius 2 is 1.89 bits per heavy atom. The van der Waals surface area contributed by atoms with Crippen molar-refractivity contribution in [3.05, 3.63) is 65.5 Å². The molecule has 202 valence electrons. The summed E-state index contributed by atoms with van der Waals surface area (Å²) in [5.74, 6) is 0.681. The summed E-state index contributed by atoms with van der Waals surface area (Å²) in [5.41, 5.74) is 1.34. The predicted molar refractivity (Wildman–Crippen MR) is 137 cm³/mol. The number of nitrogens with zero attached hydrogens (tertiary/aromatic N) is 2. The van der Waals surface area contributed by atoms with Gasteiger partial charge in [0.25, 0.3) is 5.91 Å². The standard InChI is InChI=1S/C29H32F3N3O3/c1-28(16-38-17-28)14-25(35-27(36)20-7-10-26(37-2)34-15-20)19-5-3-18(4-6-19)22-11-12-33-24-9-8-21(13-23(22)24)29(30,31)32/h7-13,15,18-19,25H,3-6,14,16-17H2,1-2H3,(H,35,36)/t18-,19-,25-/m1/s1. The number of hydrogen-bond donors (Lipinski definition) is 1. The van der Waals surface area contributed by atoms with Crippen molar-refractivity contribution in [3.63, 3.8) is 0 Å². The fourth-order valence-corrected chi connectivity index (χ4v) is 5.85. The van der Waals surface area contributed by atoms with Gasteiger partial charge in [0.15, 0.2) is 0 Å². The highest BCUT2D eigenvalue weighted by Gasteiger charge is 2.40. The van der Waals surface area contributed by atoms with Gasteiger partial charge in [0, 0.05) is 35.3 Å². The summed E-state index contributed by atoms with van der Waals surface area (Å²) in [6.45, 7) is 3.52. The van der Waals surface area contributed by atoms with Gasteiger partial charge in [-0.05, 0) is 79.8 Å². The lowest BCUT2D eigenvalue weighted by Crippen LogP contribution is -2.50. The van der Waals surface area contributed by atoms with Gasteiger partial charge in [0.2, 0.25) is 5.88 Å². The number of carbonyl (C=O) groups excluding carboxylic acids is 1. The minimum atomic E-state index is -4.40. The Labute approximate surface area is 220 Å². The highest BCUT2D eigenvalue weighted by atomic mass is 19.4. The van der Waals surface area contributed by atoms with Crippen LogP contribution in [0.5, 0.6) is 5.88 Å². The fourth-order valence-electron chi connectivity index (χ4n) is 5.85. The zero-order valence-electron chi connectivity index (χ0n) is 21.6. The minimum Gasteiger partial charge on any atom is -0.481 e. The molecule has 3 heterocycles. The first-order chi connectivity index (χ1) is 18.1. The van der Waals surface area contributed by atoms with Crippen LogP contribution in [0.3, 0.4) is 0 Å². The van der Waals surface area contributed by atoms with Crippen LogP contribution in [0, 0.1) is 11.3 Å². The molecular formula is C29H32F3N3O3.